The minimum absolute atomic E-state index is 0.0281. The number of nitrogens with one attached hydrogen (secondary N) is 3. The molecule has 10 heteroatoms. The molecule has 0 saturated heterocycles. The monoisotopic (exact) mass is 500 g/mol. The van der Waals surface area contributed by atoms with Gasteiger partial charge < -0.3 is 20.7 Å². The van der Waals surface area contributed by atoms with Crippen LogP contribution in [0.4, 0.5) is 15.1 Å². The highest BCUT2D eigenvalue weighted by Gasteiger charge is 2.30. The minimum atomic E-state index is -0.611. The molecule has 1 fully saturated rings. The van der Waals surface area contributed by atoms with Gasteiger partial charge in [-0.3, -0.25) is 4.79 Å². The van der Waals surface area contributed by atoms with Crippen molar-refractivity contribution in [1.82, 2.24) is 25.8 Å². The Morgan fingerprint density at radius 1 is 1.11 bits per heavy atom. The molecule has 9 nitrogen and oxygen atoms in total. The highest BCUT2D eigenvalue weighted by atomic mass is 19.1. The van der Waals surface area contributed by atoms with E-state index < -0.39 is 17.7 Å². The lowest BCUT2D eigenvalue weighted by molar-refractivity contribution is -0.126. The Morgan fingerprint density at radius 2 is 1.81 bits per heavy atom. The number of carbonyl (C=O) groups is 2. The van der Waals surface area contributed by atoms with Gasteiger partial charge in [0, 0.05) is 18.5 Å². The summed E-state index contributed by atoms with van der Waals surface area (Å²) in [5, 5.41) is 17.5. The lowest BCUT2D eigenvalue weighted by Gasteiger charge is -2.30. The SMILES string of the molecule is CCCCNc1ncc(C(NC(=O)C2CCC(NC(=O)OC(C)(C)C)CC2)c2ccc(F)cc2)nn1. The van der Waals surface area contributed by atoms with Crippen LogP contribution in [0.15, 0.2) is 30.5 Å². The highest BCUT2D eigenvalue weighted by molar-refractivity contribution is 5.79. The third-order valence-electron chi connectivity index (χ3n) is 6.00. The zero-order valence-electron chi connectivity index (χ0n) is 21.5. The summed E-state index contributed by atoms with van der Waals surface area (Å²) in [4.78, 5) is 29.6. The van der Waals surface area contributed by atoms with E-state index in [0.717, 1.165) is 19.4 Å². The molecular weight excluding hydrogens is 463 g/mol. The van der Waals surface area contributed by atoms with Crippen LogP contribution in [-0.2, 0) is 9.53 Å². The number of hydrogen-bond donors (Lipinski definition) is 3. The van der Waals surface area contributed by atoms with Crippen LogP contribution in [0.1, 0.15) is 83.5 Å². The molecule has 1 unspecified atom stereocenters. The Morgan fingerprint density at radius 3 is 2.39 bits per heavy atom. The molecule has 1 aliphatic rings. The number of hydrogen-bond acceptors (Lipinski definition) is 7. The Labute approximate surface area is 212 Å². The van der Waals surface area contributed by atoms with E-state index in [9.17, 15) is 14.0 Å². The van der Waals surface area contributed by atoms with Crippen LogP contribution in [-0.4, -0.2) is 45.4 Å². The van der Waals surface area contributed by atoms with Gasteiger partial charge in [-0.15, -0.1) is 10.2 Å². The molecule has 0 radical (unpaired) electrons. The second-order valence-corrected chi connectivity index (χ2v) is 10.2. The number of halogens is 1. The molecular formula is C26H37FN6O3. The zero-order chi connectivity index (χ0) is 26.1. The maximum Gasteiger partial charge on any atom is 0.407 e. The van der Waals surface area contributed by atoms with Crippen LogP contribution in [0.25, 0.3) is 0 Å². The van der Waals surface area contributed by atoms with Gasteiger partial charge in [0.2, 0.25) is 11.9 Å². The van der Waals surface area contributed by atoms with Gasteiger partial charge in [-0.2, -0.15) is 0 Å². The maximum atomic E-state index is 13.5. The molecule has 36 heavy (non-hydrogen) atoms. The van der Waals surface area contributed by atoms with Crippen molar-refractivity contribution < 1.29 is 18.7 Å². The summed E-state index contributed by atoms with van der Waals surface area (Å²) in [5.41, 5.74) is 0.599. The van der Waals surface area contributed by atoms with E-state index in [1.807, 2.05) is 20.8 Å². The van der Waals surface area contributed by atoms with E-state index in [1.165, 1.54) is 12.1 Å². The van der Waals surface area contributed by atoms with Crippen molar-refractivity contribution >= 4 is 17.9 Å². The molecule has 0 spiro atoms. The van der Waals surface area contributed by atoms with Crippen LogP contribution in [0.2, 0.25) is 0 Å². The molecule has 1 saturated carbocycles. The molecule has 2 amide bonds. The normalized spacial score (nSPS) is 18.7. The number of rotatable bonds is 9. The molecule has 1 aromatic heterocycles. The molecule has 3 N–H and O–H groups in total. The molecule has 1 aromatic carbocycles. The van der Waals surface area contributed by atoms with E-state index in [2.05, 4.69) is 38.1 Å². The van der Waals surface area contributed by atoms with Crippen molar-refractivity contribution in [1.29, 1.82) is 0 Å². The van der Waals surface area contributed by atoms with Gasteiger partial charge in [-0.1, -0.05) is 25.5 Å². The van der Waals surface area contributed by atoms with Crippen LogP contribution < -0.4 is 16.0 Å². The Kier molecular flexibility index (Phi) is 9.55. The second kappa shape index (κ2) is 12.6. The van der Waals surface area contributed by atoms with Gasteiger partial charge in [0.1, 0.15) is 17.1 Å². The van der Waals surface area contributed by atoms with Crippen molar-refractivity contribution in [2.75, 3.05) is 11.9 Å². The number of anilines is 1. The topological polar surface area (TPSA) is 118 Å². The number of alkyl carbamates (subject to hydrolysis) is 1. The molecule has 2 aromatic rings. The second-order valence-electron chi connectivity index (χ2n) is 10.2. The first-order valence-corrected chi connectivity index (χ1v) is 12.6. The first kappa shape index (κ1) is 27.3. The maximum absolute atomic E-state index is 13.5. The predicted octanol–water partition coefficient (Wildman–Crippen LogP) is 4.51. The van der Waals surface area contributed by atoms with Gasteiger partial charge in [0.15, 0.2) is 0 Å². The summed E-state index contributed by atoms with van der Waals surface area (Å²) < 4.78 is 18.9. The average molecular weight is 501 g/mol. The van der Waals surface area contributed by atoms with Crippen molar-refractivity contribution in [3.63, 3.8) is 0 Å². The van der Waals surface area contributed by atoms with Crippen molar-refractivity contribution in [2.24, 2.45) is 5.92 Å². The Balaban J connectivity index is 1.63. The Hall–Kier alpha value is -3.30. The lowest BCUT2D eigenvalue weighted by atomic mass is 9.85. The fraction of sp³-hybridized carbons (Fsp3) is 0.577. The predicted molar refractivity (Wildman–Crippen MR) is 135 cm³/mol. The van der Waals surface area contributed by atoms with Crippen LogP contribution in [0.3, 0.4) is 0 Å². The third-order valence-corrected chi connectivity index (χ3v) is 6.00. The number of amides is 2. The number of unbranched alkanes of at least 4 members (excludes halogenated alkanes) is 1. The largest absolute Gasteiger partial charge is 0.444 e. The molecule has 3 rings (SSSR count). The van der Waals surface area contributed by atoms with Crippen LogP contribution in [0, 0.1) is 11.7 Å². The van der Waals surface area contributed by atoms with E-state index in [0.29, 0.717) is 42.9 Å². The summed E-state index contributed by atoms with van der Waals surface area (Å²) in [5.74, 6) is -0.265. The molecule has 1 heterocycles. The van der Waals surface area contributed by atoms with E-state index in [-0.39, 0.29) is 23.7 Å². The molecule has 1 aliphatic carbocycles. The number of aromatic nitrogens is 3. The number of benzene rings is 1. The summed E-state index contributed by atoms with van der Waals surface area (Å²) in [6.45, 7) is 8.32. The van der Waals surface area contributed by atoms with Crippen molar-refractivity contribution in [2.45, 2.75) is 83.9 Å². The lowest BCUT2D eigenvalue weighted by Crippen LogP contribution is -2.43. The van der Waals surface area contributed by atoms with Gasteiger partial charge >= 0.3 is 6.09 Å². The van der Waals surface area contributed by atoms with Crippen molar-refractivity contribution in [3.05, 3.63) is 47.5 Å². The number of ether oxygens (including phenoxy) is 1. The standard InChI is InChI=1S/C26H37FN6O3/c1-5-6-15-28-24-29-16-21(32-33-24)22(17-7-11-19(27)12-8-17)31-23(34)18-9-13-20(14-10-18)30-25(35)36-26(2,3)4/h7-8,11-12,16,18,20,22H,5-6,9-10,13-15H2,1-4H3,(H,30,35)(H,31,34)(H,28,29,33). The molecule has 196 valence electrons. The summed E-state index contributed by atoms with van der Waals surface area (Å²) >= 11 is 0. The number of carbonyl (C=O) groups excluding carboxylic acids is 2. The number of nitrogens with zero attached hydrogens (tertiary/aromatic N) is 3. The van der Waals surface area contributed by atoms with E-state index in [1.54, 1.807) is 18.3 Å². The summed E-state index contributed by atoms with van der Waals surface area (Å²) in [6, 6.07) is 5.31. The van der Waals surface area contributed by atoms with Crippen LogP contribution in [0.5, 0.6) is 0 Å². The fourth-order valence-corrected chi connectivity index (χ4v) is 4.09. The van der Waals surface area contributed by atoms with Crippen molar-refractivity contribution in [3.8, 4) is 0 Å². The third kappa shape index (κ3) is 8.42. The first-order valence-electron chi connectivity index (χ1n) is 12.6. The minimum Gasteiger partial charge on any atom is -0.444 e. The summed E-state index contributed by atoms with van der Waals surface area (Å²) in [6.07, 6.45) is 5.81. The van der Waals surface area contributed by atoms with Gasteiger partial charge in [-0.05, 0) is 70.6 Å². The van der Waals surface area contributed by atoms with E-state index in [4.69, 9.17) is 4.74 Å². The van der Waals surface area contributed by atoms with Crippen LogP contribution >= 0.6 is 0 Å². The highest BCUT2D eigenvalue weighted by Crippen LogP contribution is 2.27. The Bertz CT molecular complexity index is 986. The quantitative estimate of drug-likeness (QED) is 0.434. The van der Waals surface area contributed by atoms with Gasteiger partial charge in [0.25, 0.3) is 0 Å². The molecule has 1 atom stereocenters. The van der Waals surface area contributed by atoms with Gasteiger partial charge in [0.05, 0.1) is 12.2 Å². The first-order chi connectivity index (χ1) is 17.1. The molecule has 0 bridgehead atoms. The average Bonchev–Trinajstić information content (AvgIpc) is 2.83. The summed E-state index contributed by atoms with van der Waals surface area (Å²) in [7, 11) is 0. The fourth-order valence-electron chi connectivity index (χ4n) is 4.09. The van der Waals surface area contributed by atoms with Gasteiger partial charge in [-0.25, -0.2) is 14.2 Å². The smallest absolute Gasteiger partial charge is 0.407 e. The zero-order valence-corrected chi connectivity index (χ0v) is 21.5. The molecule has 0 aliphatic heterocycles. The van der Waals surface area contributed by atoms with E-state index >= 15 is 0 Å².